The molecular formula is C21H23F2N3O. The van der Waals surface area contributed by atoms with Gasteiger partial charge in [0.05, 0.1) is 12.1 Å². The molecule has 6 heteroatoms. The first-order valence-corrected chi connectivity index (χ1v) is 9.19. The summed E-state index contributed by atoms with van der Waals surface area (Å²) in [5.41, 5.74) is 1.54. The van der Waals surface area contributed by atoms with Gasteiger partial charge in [-0.05, 0) is 49.4 Å². The van der Waals surface area contributed by atoms with Gasteiger partial charge in [-0.25, -0.2) is 8.78 Å². The molecule has 0 saturated carbocycles. The highest BCUT2D eigenvalue weighted by Crippen LogP contribution is 2.34. The molecule has 0 aromatic heterocycles. The molecule has 2 aromatic rings. The molecule has 27 heavy (non-hydrogen) atoms. The Morgan fingerprint density at radius 2 is 1.81 bits per heavy atom. The number of likely N-dealkylation sites (tertiary alicyclic amines) is 1. The number of benzene rings is 2. The number of rotatable bonds is 3. The third-order valence-corrected chi connectivity index (χ3v) is 5.79. The van der Waals surface area contributed by atoms with Crippen LogP contribution < -0.4 is 4.90 Å². The number of carbonyl (C=O) groups is 1. The Morgan fingerprint density at radius 3 is 2.56 bits per heavy atom. The monoisotopic (exact) mass is 371 g/mol. The van der Waals surface area contributed by atoms with E-state index in [1.54, 1.807) is 17.0 Å². The van der Waals surface area contributed by atoms with Crippen LogP contribution in [0.15, 0.2) is 48.5 Å². The van der Waals surface area contributed by atoms with Crippen molar-refractivity contribution in [3.8, 4) is 0 Å². The average Bonchev–Trinajstić information content (AvgIpc) is 3.04. The summed E-state index contributed by atoms with van der Waals surface area (Å²) in [6.07, 6.45) is 0.934. The molecule has 2 aliphatic heterocycles. The van der Waals surface area contributed by atoms with E-state index < -0.39 is 0 Å². The summed E-state index contributed by atoms with van der Waals surface area (Å²) in [6.45, 7) is 3.35. The molecule has 1 spiro atoms. The van der Waals surface area contributed by atoms with Gasteiger partial charge in [-0.3, -0.25) is 14.6 Å². The number of halogens is 2. The van der Waals surface area contributed by atoms with Crippen molar-refractivity contribution in [2.75, 3.05) is 38.1 Å². The molecule has 2 saturated heterocycles. The summed E-state index contributed by atoms with van der Waals surface area (Å²) >= 11 is 0. The highest BCUT2D eigenvalue weighted by atomic mass is 19.1. The summed E-state index contributed by atoms with van der Waals surface area (Å²) in [5.74, 6) is -0.573. The molecule has 2 fully saturated rings. The van der Waals surface area contributed by atoms with E-state index in [-0.39, 0.29) is 23.1 Å². The fourth-order valence-electron chi connectivity index (χ4n) is 4.20. The van der Waals surface area contributed by atoms with Crippen LogP contribution in [0.2, 0.25) is 0 Å². The highest BCUT2D eigenvalue weighted by Gasteiger charge is 2.47. The van der Waals surface area contributed by atoms with Gasteiger partial charge in [0.15, 0.2) is 0 Å². The zero-order valence-corrected chi connectivity index (χ0v) is 15.4. The lowest BCUT2D eigenvalue weighted by Crippen LogP contribution is -2.64. The van der Waals surface area contributed by atoms with Gasteiger partial charge in [-0.1, -0.05) is 18.2 Å². The Kier molecular flexibility index (Phi) is 4.70. The Bertz CT molecular complexity index is 842. The summed E-state index contributed by atoms with van der Waals surface area (Å²) in [5, 5.41) is 0. The van der Waals surface area contributed by atoms with Crippen molar-refractivity contribution in [2.45, 2.75) is 18.5 Å². The lowest BCUT2D eigenvalue weighted by atomic mass is 9.92. The van der Waals surface area contributed by atoms with Crippen molar-refractivity contribution < 1.29 is 13.6 Å². The number of carbonyl (C=O) groups excluding carboxylic acids is 1. The summed E-state index contributed by atoms with van der Waals surface area (Å²) in [7, 11) is 1.99. The SMILES string of the molecule is CN1CC(=O)N(c2cccc(F)c2)CC12CCN(Cc1ccc(F)cc1)C2. The van der Waals surface area contributed by atoms with Crippen LogP contribution in [0, 0.1) is 11.6 Å². The van der Waals surface area contributed by atoms with Gasteiger partial charge < -0.3 is 4.90 Å². The Balaban J connectivity index is 1.51. The standard InChI is InChI=1S/C21H23F2N3O/c1-24-13-20(27)26(19-4-2-3-18(23)11-19)15-21(24)9-10-25(14-21)12-16-5-7-17(22)8-6-16/h2-8,11H,9-10,12-15H2,1H3. The predicted molar refractivity (Wildman–Crippen MR) is 100 cm³/mol. The van der Waals surface area contributed by atoms with Gasteiger partial charge in [-0.2, -0.15) is 0 Å². The van der Waals surface area contributed by atoms with Crippen LogP contribution in [0.4, 0.5) is 14.5 Å². The fraction of sp³-hybridized carbons (Fsp3) is 0.381. The minimum Gasteiger partial charge on any atom is -0.309 e. The van der Waals surface area contributed by atoms with Crippen molar-refractivity contribution in [3.63, 3.8) is 0 Å². The van der Waals surface area contributed by atoms with E-state index in [1.807, 2.05) is 19.2 Å². The summed E-state index contributed by atoms with van der Waals surface area (Å²) in [4.78, 5) is 18.8. The van der Waals surface area contributed by atoms with Gasteiger partial charge in [0.2, 0.25) is 5.91 Å². The smallest absolute Gasteiger partial charge is 0.241 e. The molecule has 1 amide bonds. The second-order valence-corrected chi connectivity index (χ2v) is 7.63. The molecule has 142 valence electrons. The number of nitrogens with zero attached hydrogens (tertiary/aromatic N) is 3. The maximum Gasteiger partial charge on any atom is 0.241 e. The zero-order valence-electron chi connectivity index (χ0n) is 15.4. The Labute approximate surface area is 158 Å². The molecule has 2 aliphatic rings. The second kappa shape index (κ2) is 7.02. The Morgan fingerprint density at radius 1 is 1.04 bits per heavy atom. The third kappa shape index (κ3) is 3.59. The Hall–Kier alpha value is -2.31. The molecular weight excluding hydrogens is 348 g/mol. The molecule has 1 atom stereocenters. The van der Waals surface area contributed by atoms with Crippen LogP contribution in [0.25, 0.3) is 0 Å². The maximum absolute atomic E-state index is 13.6. The predicted octanol–water partition coefficient (Wildman–Crippen LogP) is 2.89. The van der Waals surface area contributed by atoms with Crippen molar-refractivity contribution in [3.05, 3.63) is 65.7 Å². The normalized spacial score (nSPS) is 24.1. The quantitative estimate of drug-likeness (QED) is 0.830. The molecule has 0 radical (unpaired) electrons. The largest absolute Gasteiger partial charge is 0.309 e. The van der Waals surface area contributed by atoms with E-state index in [4.69, 9.17) is 0 Å². The second-order valence-electron chi connectivity index (χ2n) is 7.63. The summed E-state index contributed by atoms with van der Waals surface area (Å²) in [6, 6.07) is 12.8. The number of hydrogen-bond acceptors (Lipinski definition) is 3. The van der Waals surface area contributed by atoms with E-state index in [0.717, 1.165) is 31.6 Å². The average molecular weight is 371 g/mol. The molecule has 2 aromatic carbocycles. The molecule has 2 heterocycles. The van der Waals surface area contributed by atoms with Crippen LogP contribution in [-0.4, -0.2) is 54.5 Å². The van der Waals surface area contributed by atoms with Gasteiger partial charge >= 0.3 is 0 Å². The highest BCUT2D eigenvalue weighted by molar-refractivity contribution is 5.96. The van der Waals surface area contributed by atoms with E-state index in [9.17, 15) is 13.6 Å². The first-order valence-electron chi connectivity index (χ1n) is 9.19. The number of amides is 1. The maximum atomic E-state index is 13.6. The van der Waals surface area contributed by atoms with Gasteiger partial charge in [-0.15, -0.1) is 0 Å². The number of likely N-dealkylation sites (N-methyl/N-ethyl adjacent to an activating group) is 1. The summed E-state index contributed by atoms with van der Waals surface area (Å²) < 4.78 is 26.8. The lowest BCUT2D eigenvalue weighted by Gasteiger charge is -2.47. The van der Waals surface area contributed by atoms with Gasteiger partial charge in [0.25, 0.3) is 0 Å². The van der Waals surface area contributed by atoms with Gasteiger partial charge in [0, 0.05) is 31.9 Å². The van der Waals surface area contributed by atoms with E-state index in [0.29, 0.717) is 18.8 Å². The van der Waals surface area contributed by atoms with Crippen LogP contribution in [0.1, 0.15) is 12.0 Å². The molecule has 0 bridgehead atoms. The van der Waals surface area contributed by atoms with Crippen molar-refractivity contribution in [2.24, 2.45) is 0 Å². The molecule has 1 unspecified atom stereocenters. The van der Waals surface area contributed by atoms with Gasteiger partial charge in [0.1, 0.15) is 11.6 Å². The molecule has 0 aliphatic carbocycles. The van der Waals surface area contributed by atoms with Crippen LogP contribution in [0.5, 0.6) is 0 Å². The molecule has 4 nitrogen and oxygen atoms in total. The number of piperazine rings is 1. The van der Waals surface area contributed by atoms with Crippen molar-refractivity contribution >= 4 is 11.6 Å². The van der Waals surface area contributed by atoms with Crippen LogP contribution in [0.3, 0.4) is 0 Å². The third-order valence-electron chi connectivity index (χ3n) is 5.79. The van der Waals surface area contributed by atoms with Crippen molar-refractivity contribution in [1.82, 2.24) is 9.80 Å². The van der Waals surface area contributed by atoms with E-state index in [2.05, 4.69) is 9.80 Å². The minimum absolute atomic E-state index is 0.00860. The first kappa shape index (κ1) is 18.1. The van der Waals surface area contributed by atoms with Crippen LogP contribution >= 0.6 is 0 Å². The van der Waals surface area contributed by atoms with E-state index in [1.165, 1.54) is 24.3 Å². The molecule has 0 N–H and O–H groups in total. The first-order chi connectivity index (χ1) is 12.9. The minimum atomic E-state index is -0.336. The topological polar surface area (TPSA) is 26.8 Å². The lowest BCUT2D eigenvalue weighted by molar-refractivity contribution is -0.123. The van der Waals surface area contributed by atoms with Crippen molar-refractivity contribution in [1.29, 1.82) is 0 Å². The zero-order chi connectivity index (χ0) is 19.0. The number of hydrogen-bond donors (Lipinski definition) is 0. The molecule has 4 rings (SSSR count). The van der Waals surface area contributed by atoms with E-state index >= 15 is 0 Å². The number of anilines is 1. The van der Waals surface area contributed by atoms with Crippen LogP contribution in [-0.2, 0) is 11.3 Å². The fourth-order valence-corrected chi connectivity index (χ4v) is 4.20.